The normalized spacial score (nSPS) is 16.8. The van der Waals surface area contributed by atoms with Crippen LogP contribution in [0.1, 0.15) is 168 Å². The molecule has 10 atom stereocenters. The van der Waals surface area contributed by atoms with Gasteiger partial charge in [-0.1, -0.05) is 118 Å². The van der Waals surface area contributed by atoms with Crippen molar-refractivity contribution in [3.8, 4) is 0 Å². The molecule has 0 bridgehead atoms. The Balaban J connectivity index is 1.14. The number of benzene rings is 2. The number of rotatable bonds is 42. The van der Waals surface area contributed by atoms with E-state index in [-0.39, 0.29) is 141 Å². The molecule has 534 valence electrons. The Morgan fingerprint density at radius 1 is 0.804 bits per heavy atom. The lowest BCUT2D eigenvalue weighted by molar-refractivity contribution is -0.149. The molecule has 0 saturated carbocycles. The van der Waals surface area contributed by atoms with E-state index in [1.807, 2.05) is 63.1 Å². The van der Waals surface area contributed by atoms with Crippen LogP contribution in [0.3, 0.4) is 0 Å². The van der Waals surface area contributed by atoms with Gasteiger partial charge in [0, 0.05) is 139 Å². The van der Waals surface area contributed by atoms with Gasteiger partial charge < -0.3 is 50.6 Å². The Morgan fingerprint density at radius 3 is 2.08 bits per heavy atom. The molecule has 23 nitrogen and oxygen atoms in total. The highest BCUT2D eigenvalue weighted by Crippen LogP contribution is 2.35. The smallest absolute Gasteiger partial charge is 0.409 e. The lowest BCUT2D eigenvalue weighted by atomic mass is 9.79. The summed E-state index contributed by atoms with van der Waals surface area (Å²) in [4.78, 5) is 158. The largest absolute Gasteiger partial charge is 0.445 e. The summed E-state index contributed by atoms with van der Waals surface area (Å²) in [6.45, 7) is 17.5. The second kappa shape index (κ2) is 39.0. The molecule has 1 fully saturated rings. The van der Waals surface area contributed by atoms with Gasteiger partial charge in [-0.25, -0.2) is 14.6 Å². The first-order chi connectivity index (χ1) is 46.0. The van der Waals surface area contributed by atoms with Crippen molar-refractivity contribution in [2.24, 2.45) is 46.7 Å². The number of nitrogens with two attached hydrogens (primary N) is 1. The van der Waals surface area contributed by atoms with E-state index < -0.39 is 65.5 Å². The van der Waals surface area contributed by atoms with Gasteiger partial charge in [-0.2, -0.15) is 0 Å². The van der Waals surface area contributed by atoms with Crippen molar-refractivity contribution in [2.45, 2.75) is 195 Å². The number of nitrogens with one attached hydrogen (secondary N) is 3. The number of nitrogens with zero attached hydrogens (tertiary/aromatic N) is 5. The molecule has 5 rings (SSSR count). The summed E-state index contributed by atoms with van der Waals surface area (Å²) < 4.78 is 18.0. The summed E-state index contributed by atoms with van der Waals surface area (Å²) in [7, 11) is 6.38. The second-order valence-corrected chi connectivity index (χ2v) is 28.5. The molecule has 3 aromatic rings. The van der Waals surface area contributed by atoms with Gasteiger partial charge in [-0.3, -0.25) is 48.1 Å². The van der Waals surface area contributed by atoms with Gasteiger partial charge in [0.1, 0.15) is 18.2 Å². The zero-order valence-corrected chi connectivity index (χ0v) is 60.1. The lowest BCUT2D eigenvalue weighted by Gasteiger charge is -2.41. The SMILES string of the molecule is CC[C@H](C)[C@@H]([C@@H](CC(=O)N1CCC[C@H]1[C@H](OC)[C@@H](C)C(=O)C[C@@H](Cc1ccccc1)c1nccs1)OC)N(C)C(=O)[C@@H](CC(=O)C(C)(C)CN(C)C(=O)OCc1ccc(NC(=O)[C@H](CCCNC(N)=O)CC(=O)[C@@H](NC(=O)CCCCCN2C(=O)C=CC2=O)C(C)C)cc1)C(C)C. The van der Waals surface area contributed by atoms with Crippen LogP contribution < -0.4 is 21.7 Å². The van der Waals surface area contributed by atoms with E-state index in [0.29, 0.717) is 62.7 Å². The molecule has 2 aliphatic heterocycles. The van der Waals surface area contributed by atoms with E-state index in [1.165, 1.54) is 35.4 Å². The van der Waals surface area contributed by atoms with Gasteiger partial charge in [-0.05, 0) is 86.0 Å². The van der Waals surface area contributed by atoms with E-state index in [1.54, 1.807) is 84.3 Å². The number of carbonyl (C=O) groups is 11. The van der Waals surface area contributed by atoms with Crippen LogP contribution in [0.15, 0.2) is 78.3 Å². The third-order valence-electron chi connectivity index (χ3n) is 19.1. The topological polar surface area (TPSA) is 303 Å². The Bertz CT molecular complexity index is 3120. The fourth-order valence-electron chi connectivity index (χ4n) is 13.1. The molecule has 97 heavy (non-hydrogen) atoms. The van der Waals surface area contributed by atoms with Crippen molar-refractivity contribution in [1.29, 1.82) is 0 Å². The average Bonchev–Trinajstić information content (AvgIpc) is 1.80. The number of ketones is 3. The summed E-state index contributed by atoms with van der Waals surface area (Å²) in [6, 6.07) is 14.1. The molecule has 3 heterocycles. The quantitative estimate of drug-likeness (QED) is 0.0303. The van der Waals surface area contributed by atoms with Crippen molar-refractivity contribution < 1.29 is 67.0 Å². The minimum absolute atomic E-state index is 0.0241. The number of ether oxygens (including phenoxy) is 3. The zero-order chi connectivity index (χ0) is 71.7. The summed E-state index contributed by atoms with van der Waals surface area (Å²) in [5.74, 6) is -5.36. The third-order valence-corrected chi connectivity index (χ3v) is 20.0. The van der Waals surface area contributed by atoms with Gasteiger partial charge in [0.2, 0.25) is 23.6 Å². The fourth-order valence-corrected chi connectivity index (χ4v) is 13.9. The summed E-state index contributed by atoms with van der Waals surface area (Å²) in [5.41, 5.74) is 6.26. The van der Waals surface area contributed by atoms with Crippen molar-refractivity contribution in [3.05, 3.63) is 94.5 Å². The molecule has 9 amide bonds. The van der Waals surface area contributed by atoms with Crippen molar-refractivity contribution in [3.63, 3.8) is 0 Å². The Hall–Kier alpha value is -7.70. The molecular formula is C73H107N9O14S. The fraction of sp³-hybridized carbons (Fsp3) is 0.616. The third kappa shape index (κ3) is 24.1. The monoisotopic (exact) mass is 1370 g/mol. The van der Waals surface area contributed by atoms with Gasteiger partial charge in [0.25, 0.3) is 11.8 Å². The number of hydrogen-bond acceptors (Lipinski definition) is 16. The minimum atomic E-state index is -1.11. The number of hydrogen-bond donors (Lipinski definition) is 4. The van der Waals surface area contributed by atoms with Gasteiger partial charge in [-0.15, -0.1) is 11.3 Å². The van der Waals surface area contributed by atoms with Crippen LogP contribution in [0.5, 0.6) is 0 Å². The standard InChI is InChI=1S/C73H107N9O14S/c1-14-48(6)66(59(94-12)43-64(89)81-37-22-26-56(81)67(95-13)49(7)57(83)41-53(69-75-35-38-97-69)39-50-23-17-15-18-24-50)80(11)70(91)55(46(2)3)42-60(85)73(8,9)45-79(10)72(93)96-44-51-28-30-54(31-29-51)77-68(90)52(25-21-34-76-71(74)92)40-58(84)65(47(4)5)78-61(86)27-19-16-20-36-82-62(87)32-33-63(82)88/h15,17-18,23-24,28-33,35,38,46-49,52-53,55-56,59,65-67H,14,16,19-22,25-27,34,36-37,39-45H2,1-13H3,(H,77,90)(H,78,86)(H3,74,76,92)/t48-,49-,52+,53+,55-,56-,59+,65-,66-,67+/m0/s1. The summed E-state index contributed by atoms with van der Waals surface area (Å²) >= 11 is 1.54. The number of methoxy groups -OCH3 is 2. The van der Waals surface area contributed by atoms with Crippen molar-refractivity contribution in [1.82, 2.24) is 35.2 Å². The van der Waals surface area contributed by atoms with Crippen LogP contribution >= 0.6 is 11.3 Å². The maximum Gasteiger partial charge on any atom is 0.409 e. The molecule has 1 aromatic heterocycles. The van der Waals surface area contributed by atoms with E-state index in [2.05, 4.69) is 33.1 Å². The number of likely N-dealkylation sites (tertiary alicyclic amines) is 1. The van der Waals surface area contributed by atoms with Crippen molar-refractivity contribution in [2.75, 3.05) is 59.8 Å². The van der Waals surface area contributed by atoms with Crippen molar-refractivity contribution >= 4 is 81.9 Å². The predicted molar refractivity (Wildman–Crippen MR) is 371 cm³/mol. The molecule has 2 aromatic carbocycles. The Morgan fingerprint density at radius 2 is 1.48 bits per heavy atom. The number of anilines is 1. The molecule has 24 heteroatoms. The number of amides is 9. The predicted octanol–water partition coefficient (Wildman–Crippen LogP) is 9.46. The first-order valence-corrected chi connectivity index (χ1v) is 35.2. The molecule has 1 saturated heterocycles. The number of aromatic nitrogens is 1. The minimum Gasteiger partial charge on any atom is -0.445 e. The number of imide groups is 1. The number of carbonyl (C=O) groups excluding carboxylic acids is 11. The number of likely N-dealkylation sites (N-methyl/N-ethyl adjacent to an activating group) is 1. The van der Waals surface area contributed by atoms with Crippen LogP contribution in [-0.4, -0.2) is 174 Å². The van der Waals surface area contributed by atoms with Crippen LogP contribution in [0.4, 0.5) is 15.3 Å². The highest BCUT2D eigenvalue weighted by Gasteiger charge is 2.44. The van der Waals surface area contributed by atoms with E-state index in [4.69, 9.17) is 19.9 Å². The Kier molecular flexibility index (Phi) is 32.2. The van der Waals surface area contributed by atoms with Crippen LogP contribution in [0.25, 0.3) is 0 Å². The Labute approximate surface area is 577 Å². The molecule has 5 N–H and O–H groups in total. The van der Waals surface area contributed by atoms with E-state index >= 15 is 0 Å². The summed E-state index contributed by atoms with van der Waals surface area (Å²) in [6.07, 6.45) is 7.17. The number of unbranched alkanes of at least 4 members (excludes halogenated alkanes) is 2. The van der Waals surface area contributed by atoms with Crippen LogP contribution in [-0.2, 0) is 70.4 Å². The highest BCUT2D eigenvalue weighted by atomic mass is 32.1. The second-order valence-electron chi connectivity index (χ2n) is 27.5. The van der Waals surface area contributed by atoms with Crippen LogP contribution in [0, 0.1) is 40.9 Å². The summed E-state index contributed by atoms with van der Waals surface area (Å²) in [5, 5.41) is 11.0. The van der Waals surface area contributed by atoms with Gasteiger partial charge in [0.05, 0.1) is 41.8 Å². The highest BCUT2D eigenvalue weighted by molar-refractivity contribution is 7.09. The molecular weight excluding hydrogens is 1260 g/mol. The molecule has 0 aliphatic carbocycles. The lowest BCUT2D eigenvalue weighted by Crippen LogP contribution is -2.54. The van der Waals surface area contributed by atoms with Gasteiger partial charge >= 0.3 is 12.1 Å². The molecule has 0 spiro atoms. The molecule has 2 aliphatic rings. The number of primary amides is 1. The first kappa shape index (κ1) is 80.0. The number of Topliss-reactive ketones (excluding diaryl/α,β-unsaturated/α-hetero) is 3. The first-order valence-electron chi connectivity index (χ1n) is 34.3. The van der Waals surface area contributed by atoms with Gasteiger partial charge in [0.15, 0.2) is 5.78 Å². The maximum atomic E-state index is 14.9. The maximum absolute atomic E-state index is 14.9. The number of thiazole rings is 1. The van der Waals surface area contributed by atoms with E-state index in [9.17, 15) is 52.7 Å². The van der Waals surface area contributed by atoms with Crippen LogP contribution in [0.2, 0.25) is 0 Å². The number of urea groups is 1. The molecule has 0 unspecified atom stereocenters. The van der Waals surface area contributed by atoms with E-state index in [0.717, 1.165) is 21.9 Å². The molecule has 0 radical (unpaired) electrons. The average molecular weight is 1370 g/mol. The zero-order valence-electron chi connectivity index (χ0n) is 59.3.